The summed E-state index contributed by atoms with van der Waals surface area (Å²) in [6.07, 6.45) is 1.15. The molecule has 1 atom stereocenters. The minimum Gasteiger partial charge on any atom is -0.493 e. The first kappa shape index (κ1) is 20.6. The number of hydrogen-bond donors (Lipinski definition) is 2. The van der Waals surface area contributed by atoms with Crippen molar-refractivity contribution < 1.29 is 24.1 Å². The molecule has 0 saturated heterocycles. The van der Waals surface area contributed by atoms with Gasteiger partial charge >= 0.3 is 5.97 Å². The molecule has 5 rings (SSSR count). The summed E-state index contributed by atoms with van der Waals surface area (Å²) in [4.78, 5) is 45.4. The summed E-state index contributed by atoms with van der Waals surface area (Å²) >= 11 is 0. The van der Waals surface area contributed by atoms with Crippen molar-refractivity contribution in [2.24, 2.45) is 0 Å². The van der Waals surface area contributed by atoms with Crippen LogP contribution >= 0.6 is 0 Å². The number of aromatic nitrogens is 3. The van der Waals surface area contributed by atoms with Gasteiger partial charge in [0.25, 0.3) is 11.1 Å². The van der Waals surface area contributed by atoms with Crippen LogP contribution in [0.5, 0.6) is 17.4 Å². The number of esters is 1. The first-order valence-corrected chi connectivity index (χ1v) is 10.2. The monoisotopic (exact) mass is 449 g/mol. The van der Waals surface area contributed by atoms with Gasteiger partial charge in [-0.3, -0.25) is 18.8 Å². The summed E-state index contributed by atoms with van der Waals surface area (Å²) < 4.78 is 17.2. The van der Waals surface area contributed by atoms with Crippen LogP contribution in [0, 0.1) is 0 Å². The standard InChI is InChI=1S/C23H19N3O7/c1-31-19(27)10-13(20-22(29)25-18-4-2-3-5-26(18)23(20)30)14-8-12-9-16-17(33-7-6-32-16)11-15(12)24-21(14)28/h2-5,8-9,11,13,29H,6-7,10H2,1H3,(H,24,28)/t13-/m1/s1. The number of methoxy groups -OCH3 is 1. The Morgan fingerprint density at radius 2 is 1.97 bits per heavy atom. The van der Waals surface area contributed by atoms with Crippen molar-refractivity contribution >= 4 is 22.5 Å². The predicted octanol–water partition coefficient (Wildman–Crippen LogP) is 1.71. The fraction of sp³-hybridized carbons (Fsp3) is 0.217. The van der Waals surface area contributed by atoms with E-state index in [1.807, 2.05) is 0 Å². The van der Waals surface area contributed by atoms with Crippen molar-refractivity contribution in [2.45, 2.75) is 12.3 Å². The van der Waals surface area contributed by atoms with E-state index in [1.165, 1.54) is 17.7 Å². The van der Waals surface area contributed by atoms with E-state index in [0.717, 1.165) is 0 Å². The smallest absolute Gasteiger partial charge is 0.306 e. The highest BCUT2D eigenvalue weighted by atomic mass is 16.6. The van der Waals surface area contributed by atoms with Gasteiger partial charge in [-0.05, 0) is 24.3 Å². The van der Waals surface area contributed by atoms with E-state index in [-0.39, 0.29) is 23.2 Å². The van der Waals surface area contributed by atoms with E-state index in [9.17, 15) is 19.5 Å². The third kappa shape index (κ3) is 3.55. The van der Waals surface area contributed by atoms with E-state index in [1.54, 1.807) is 36.4 Å². The minimum absolute atomic E-state index is 0.106. The molecule has 0 aliphatic carbocycles. The second-order valence-electron chi connectivity index (χ2n) is 7.55. The molecule has 0 fully saturated rings. The highest BCUT2D eigenvalue weighted by molar-refractivity contribution is 5.83. The van der Waals surface area contributed by atoms with Gasteiger partial charge < -0.3 is 24.3 Å². The van der Waals surface area contributed by atoms with Crippen LogP contribution in [0.3, 0.4) is 0 Å². The number of nitrogens with zero attached hydrogens (tertiary/aromatic N) is 2. The number of aromatic hydroxyl groups is 1. The molecule has 0 radical (unpaired) electrons. The minimum atomic E-state index is -1.10. The number of rotatable bonds is 4. The zero-order chi connectivity index (χ0) is 23.1. The summed E-state index contributed by atoms with van der Waals surface area (Å²) in [6.45, 7) is 0.799. The lowest BCUT2D eigenvalue weighted by Crippen LogP contribution is -2.27. The third-order valence-corrected chi connectivity index (χ3v) is 5.61. The third-order valence-electron chi connectivity index (χ3n) is 5.61. The lowest BCUT2D eigenvalue weighted by molar-refractivity contribution is -0.140. The van der Waals surface area contributed by atoms with Gasteiger partial charge in [0.2, 0.25) is 5.88 Å². The summed E-state index contributed by atoms with van der Waals surface area (Å²) in [5, 5.41) is 11.3. The molecule has 1 aliphatic heterocycles. The average Bonchev–Trinajstić information content (AvgIpc) is 2.81. The van der Waals surface area contributed by atoms with Crippen LogP contribution in [-0.4, -0.2) is 45.8 Å². The van der Waals surface area contributed by atoms with Gasteiger partial charge in [0.1, 0.15) is 18.9 Å². The Bertz CT molecular complexity index is 1520. The van der Waals surface area contributed by atoms with Crippen molar-refractivity contribution in [3.8, 4) is 17.4 Å². The summed E-state index contributed by atoms with van der Waals surface area (Å²) in [7, 11) is 1.21. The predicted molar refractivity (Wildman–Crippen MR) is 117 cm³/mol. The Labute approximate surface area is 186 Å². The van der Waals surface area contributed by atoms with Gasteiger partial charge in [-0.15, -0.1) is 0 Å². The molecule has 10 heteroatoms. The zero-order valence-corrected chi connectivity index (χ0v) is 17.5. The Balaban J connectivity index is 1.74. The van der Waals surface area contributed by atoms with E-state index in [0.29, 0.717) is 35.6 Å². The van der Waals surface area contributed by atoms with Crippen LogP contribution in [0.1, 0.15) is 23.5 Å². The van der Waals surface area contributed by atoms with Crippen molar-refractivity contribution in [1.82, 2.24) is 14.4 Å². The lowest BCUT2D eigenvalue weighted by atomic mass is 9.89. The molecule has 0 amide bonds. The molecular formula is C23H19N3O7. The molecule has 1 aliphatic rings. The number of benzene rings is 1. The van der Waals surface area contributed by atoms with Crippen LogP contribution < -0.4 is 20.6 Å². The molecule has 2 N–H and O–H groups in total. The molecule has 1 aromatic carbocycles. The second-order valence-corrected chi connectivity index (χ2v) is 7.55. The summed E-state index contributed by atoms with van der Waals surface area (Å²) in [5.74, 6) is -1.28. The molecule has 0 spiro atoms. The van der Waals surface area contributed by atoms with Gasteiger partial charge in [0.15, 0.2) is 11.5 Å². The topological polar surface area (TPSA) is 132 Å². The van der Waals surface area contributed by atoms with Gasteiger partial charge in [-0.1, -0.05) is 6.07 Å². The number of nitrogens with one attached hydrogen (secondary N) is 1. The van der Waals surface area contributed by atoms with Crippen molar-refractivity contribution in [1.29, 1.82) is 0 Å². The van der Waals surface area contributed by atoms with Crippen LogP contribution in [0.4, 0.5) is 0 Å². The number of carbonyl (C=O) groups is 1. The maximum absolute atomic E-state index is 13.3. The molecule has 4 heterocycles. The number of H-pyrrole nitrogens is 1. The van der Waals surface area contributed by atoms with E-state index in [4.69, 9.17) is 14.2 Å². The first-order valence-electron chi connectivity index (χ1n) is 10.2. The van der Waals surface area contributed by atoms with Gasteiger partial charge in [-0.2, -0.15) is 4.98 Å². The zero-order valence-electron chi connectivity index (χ0n) is 17.5. The van der Waals surface area contributed by atoms with Crippen molar-refractivity contribution in [3.63, 3.8) is 0 Å². The molecule has 33 heavy (non-hydrogen) atoms. The van der Waals surface area contributed by atoms with E-state index >= 15 is 0 Å². The quantitative estimate of drug-likeness (QED) is 0.450. The largest absolute Gasteiger partial charge is 0.493 e. The Morgan fingerprint density at radius 3 is 2.73 bits per heavy atom. The summed E-state index contributed by atoms with van der Waals surface area (Å²) in [5.41, 5.74) is -0.445. The lowest BCUT2D eigenvalue weighted by Gasteiger charge is -2.20. The summed E-state index contributed by atoms with van der Waals surface area (Å²) in [6, 6.07) is 9.82. The van der Waals surface area contributed by atoms with Crippen LogP contribution in [0.2, 0.25) is 0 Å². The molecule has 0 saturated carbocycles. The maximum atomic E-state index is 13.3. The molecule has 168 valence electrons. The maximum Gasteiger partial charge on any atom is 0.306 e. The normalized spacial score (nSPS) is 13.7. The number of ether oxygens (including phenoxy) is 3. The average molecular weight is 449 g/mol. The van der Waals surface area contributed by atoms with E-state index in [2.05, 4.69) is 9.97 Å². The molecule has 0 unspecified atom stereocenters. The Morgan fingerprint density at radius 1 is 1.21 bits per heavy atom. The first-order chi connectivity index (χ1) is 16.0. The molecule has 4 aromatic rings. The fourth-order valence-electron chi connectivity index (χ4n) is 4.03. The number of hydrogen-bond acceptors (Lipinski definition) is 8. The number of pyridine rings is 2. The van der Waals surface area contributed by atoms with Crippen molar-refractivity contribution in [3.05, 3.63) is 74.4 Å². The number of carbonyl (C=O) groups excluding carboxylic acids is 1. The van der Waals surface area contributed by atoms with Crippen LogP contribution in [0.15, 0.2) is 52.2 Å². The molecule has 3 aromatic heterocycles. The van der Waals surface area contributed by atoms with E-state index < -0.39 is 28.9 Å². The van der Waals surface area contributed by atoms with Crippen LogP contribution in [0.25, 0.3) is 16.6 Å². The second kappa shape index (κ2) is 7.97. The van der Waals surface area contributed by atoms with Crippen molar-refractivity contribution in [2.75, 3.05) is 20.3 Å². The fourth-order valence-corrected chi connectivity index (χ4v) is 4.03. The Kier molecular flexibility index (Phi) is 4.97. The van der Waals surface area contributed by atoms with Gasteiger partial charge in [0, 0.05) is 29.1 Å². The number of fused-ring (bicyclic) bond motifs is 3. The highest BCUT2D eigenvalue weighted by Gasteiger charge is 2.29. The van der Waals surface area contributed by atoms with Gasteiger partial charge in [0.05, 0.1) is 24.6 Å². The SMILES string of the molecule is COC(=O)C[C@H](c1cc2cc3c(cc2[nH]c1=O)OCCO3)c1c(O)nc2ccccn2c1=O. The molecule has 0 bridgehead atoms. The molecule has 10 nitrogen and oxygen atoms in total. The Hall–Kier alpha value is -4.34. The van der Waals surface area contributed by atoms with Gasteiger partial charge in [-0.25, -0.2) is 0 Å². The number of aromatic amines is 1. The van der Waals surface area contributed by atoms with Crippen LogP contribution in [-0.2, 0) is 9.53 Å². The highest BCUT2D eigenvalue weighted by Crippen LogP contribution is 2.36. The molecular weight excluding hydrogens is 430 g/mol.